The SMILES string of the molecule is C=CCc1cc(C(=C)c2cc(CC=C)c3c(c2)CN(c2ccccc2)CO3)cc2c1OCN(c1ccccc1)C2. The Bertz CT molecular complexity index is 1440. The molecular formula is C36H34N2O2. The molecule has 4 aromatic carbocycles. The molecule has 6 rings (SSSR count). The molecule has 0 saturated heterocycles. The van der Waals surface area contributed by atoms with Crippen LogP contribution in [0.5, 0.6) is 11.5 Å². The van der Waals surface area contributed by atoms with Gasteiger partial charge in [-0.2, -0.15) is 0 Å². The third-order valence-electron chi connectivity index (χ3n) is 7.61. The number of hydrogen-bond acceptors (Lipinski definition) is 4. The Balaban J connectivity index is 1.36. The maximum atomic E-state index is 6.31. The number of ether oxygens (including phenoxy) is 2. The Kier molecular flexibility index (Phi) is 7.15. The number of rotatable bonds is 8. The molecule has 0 N–H and O–H groups in total. The molecule has 0 fully saturated rings. The summed E-state index contributed by atoms with van der Waals surface area (Å²) in [6.07, 6.45) is 5.35. The molecule has 0 saturated carbocycles. The van der Waals surface area contributed by atoms with E-state index in [1.807, 2.05) is 24.3 Å². The van der Waals surface area contributed by atoms with Gasteiger partial charge in [-0.3, -0.25) is 0 Å². The molecule has 2 aliphatic rings. The average molecular weight is 527 g/mol. The third kappa shape index (κ3) is 5.01. The predicted octanol–water partition coefficient (Wildman–Crippen LogP) is 7.92. The molecule has 0 aromatic heterocycles. The second kappa shape index (κ2) is 11.2. The number of allylic oxidation sites excluding steroid dienone is 2. The number of benzene rings is 4. The summed E-state index contributed by atoms with van der Waals surface area (Å²) >= 11 is 0. The van der Waals surface area contributed by atoms with Crippen molar-refractivity contribution < 1.29 is 9.47 Å². The van der Waals surface area contributed by atoms with Crippen LogP contribution in [0, 0.1) is 0 Å². The van der Waals surface area contributed by atoms with Crippen molar-refractivity contribution in [2.45, 2.75) is 25.9 Å². The summed E-state index contributed by atoms with van der Waals surface area (Å²) in [5.41, 5.74) is 10.1. The van der Waals surface area contributed by atoms with Crippen molar-refractivity contribution in [1.82, 2.24) is 0 Å². The van der Waals surface area contributed by atoms with Gasteiger partial charge in [-0.15, -0.1) is 13.2 Å². The monoisotopic (exact) mass is 526 g/mol. The van der Waals surface area contributed by atoms with E-state index in [-0.39, 0.29) is 0 Å². The molecule has 0 unspecified atom stereocenters. The Hall–Kier alpha value is -4.70. The van der Waals surface area contributed by atoms with Crippen molar-refractivity contribution in [3.63, 3.8) is 0 Å². The van der Waals surface area contributed by atoms with Crippen molar-refractivity contribution in [2.75, 3.05) is 23.3 Å². The molecule has 0 amide bonds. The third-order valence-corrected chi connectivity index (χ3v) is 7.61. The van der Waals surface area contributed by atoms with Crippen LogP contribution in [0.4, 0.5) is 11.4 Å². The maximum absolute atomic E-state index is 6.31. The topological polar surface area (TPSA) is 24.9 Å². The number of nitrogens with zero attached hydrogens (tertiary/aromatic N) is 2. The summed E-state index contributed by atoms with van der Waals surface area (Å²) in [7, 11) is 0. The summed E-state index contributed by atoms with van der Waals surface area (Å²) in [6.45, 7) is 15.2. The van der Waals surface area contributed by atoms with Gasteiger partial charge in [-0.05, 0) is 89.2 Å². The fraction of sp³-hybridized carbons (Fsp3) is 0.167. The van der Waals surface area contributed by atoms with E-state index in [4.69, 9.17) is 9.47 Å². The van der Waals surface area contributed by atoms with Gasteiger partial charge in [0.25, 0.3) is 0 Å². The Morgan fingerprint density at radius 3 is 1.48 bits per heavy atom. The minimum Gasteiger partial charge on any atom is -0.472 e. The lowest BCUT2D eigenvalue weighted by Gasteiger charge is -2.33. The van der Waals surface area contributed by atoms with Gasteiger partial charge in [-0.25, -0.2) is 0 Å². The zero-order valence-electron chi connectivity index (χ0n) is 22.8. The maximum Gasteiger partial charge on any atom is 0.161 e. The molecule has 2 heterocycles. The van der Waals surface area contributed by atoms with Gasteiger partial charge < -0.3 is 19.3 Å². The van der Waals surface area contributed by atoms with Crippen molar-refractivity contribution in [1.29, 1.82) is 0 Å². The van der Waals surface area contributed by atoms with Gasteiger partial charge >= 0.3 is 0 Å². The largest absolute Gasteiger partial charge is 0.472 e. The minimum atomic E-state index is 0.523. The molecule has 4 heteroatoms. The molecule has 0 atom stereocenters. The van der Waals surface area contributed by atoms with Crippen LogP contribution in [0.3, 0.4) is 0 Å². The molecule has 2 aliphatic heterocycles. The number of para-hydroxylation sites is 2. The van der Waals surface area contributed by atoms with Crippen LogP contribution in [-0.2, 0) is 25.9 Å². The smallest absolute Gasteiger partial charge is 0.161 e. The predicted molar refractivity (Wildman–Crippen MR) is 165 cm³/mol. The summed E-state index contributed by atoms with van der Waals surface area (Å²) in [5, 5.41) is 0. The van der Waals surface area contributed by atoms with E-state index in [1.165, 1.54) is 0 Å². The normalized spacial score (nSPS) is 13.9. The first-order chi connectivity index (χ1) is 19.6. The summed E-state index contributed by atoms with van der Waals surface area (Å²) in [5.74, 6) is 1.93. The fourth-order valence-corrected chi connectivity index (χ4v) is 5.64. The fourth-order valence-electron chi connectivity index (χ4n) is 5.64. The number of fused-ring (bicyclic) bond motifs is 2. The van der Waals surface area contributed by atoms with Crippen molar-refractivity contribution >= 4 is 16.9 Å². The lowest BCUT2D eigenvalue weighted by atomic mass is 9.90. The van der Waals surface area contributed by atoms with E-state index in [0.29, 0.717) is 13.5 Å². The minimum absolute atomic E-state index is 0.523. The summed E-state index contributed by atoms with van der Waals surface area (Å²) in [4.78, 5) is 4.51. The molecule has 0 radical (unpaired) electrons. The second-order valence-electron chi connectivity index (χ2n) is 10.3. The molecule has 0 bridgehead atoms. The first-order valence-corrected chi connectivity index (χ1v) is 13.7. The molecule has 0 spiro atoms. The van der Waals surface area contributed by atoms with Crippen LogP contribution >= 0.6 is 0 Å². The van der Waals surface area contributed by atoms with E-state index in [0.717, 1.165) is 87.8 Å². The summed E-state index contributed by atoms with van der Waals surface area (Å²) < 4.78 is 12.6. The van der Waals surface area contributed by atoms with Crippen LogP contribution < -0.4 is 19.3 Å². The van der Waals surface area contributed by atoms with Crippen molar-refractivity contribution in [3.05, 3.63) is 150 Å². The van der Waals surface area contributed by atoms with Gasteiger partial charge in [-0.1, -0.05) is 55.1 Å². The molecular weight excluding hydrogens is 492 g/mol. The Morgan fingerprint density at radius 1 is 0.650 bits per heavy atom. The van der Waals surface area contributed by atoms with Gasteiger partial charge in [0.05, 0.1) is 0 Å². The van der Waals surface area contributed by atoms with E-state index in [2.05, 4.69) is 102 Å². The second-order valence-corrected chi connectivity index (χ2v) is 10.3. The highest BCUT2D eigenvalue weighted by molar-refractivity contribution is 5.81. The van der Waals surface area contributed by atoms with E-state index < -0.39 is 0 Å². The summed E-state index contributed by atoms with van der Waals surface area (Å²) in [6, 6.07) is 29.7. The van der Waals surface area contributed by atoms with E-state index in [9.17, 15) is 0 Å². The van der Waals surface area contributed by atoms with Crippen molar-refractivity contribution in [3.8, 4) is 11.5 Å². The Morgan fingerprint density at radius 2 is 1.07 bits per heavy atom. The molecule has 4 aromatic rings. The van der Waals surface area contributed by atoms with Crippen molar-refractivity contribution in [2.24, 2.45) is 0 Å². The Labute approximate surface area is 237 Å². The standard InChI is InChI=1S/C36H34N2O2/c1-4-12-27-18-29(20-31-22-37(24-39-35(27)31)33-14-8-6-9-15-33)26(3)30-19-28(13-5-2)36-32(21-30)23-38(25-40-36)34-16-10-7-11-17-34/h4-11,14-21H,1-3,12-13,22-25H2. The number of hydrogen-bond donors (Lipinski definition) is 0. The lowest BCUT2D eigenvalue weighted by molar-refractivity contribution is 0.286. The average Bonchev–Trinajstić information content (AvgIpc) is 3.01. The van der Waals surface area contributed by atoms with Crippen LogP contribution in [-0.4, -0.2) is 13.5 Å². The first-order valence-electron chi connectivity index (χ1n) is 13.7. The van der Waals surface area contributed by atoms with Gasteiger partial charge in [0.1, 0.15) is 11.5 Å². The quantitative estimate of drug-likeness (QED) is 0.218. The molecule has 40 heavy (non-hydrogen) atoms. The van der Waals surface area contributed by atoms with E-state index in [1.54, 1.807) is 0 Å². The van der Waals surface area contributed by atoms with Gasteiger partial charge in [0.15, 0.2) is 13.5 Å². The first kappa shape index (κ1) is 25.6. The van der Waals surface area contributed by atoms with Crippen LogP contribution in [0.1, 0.15) is 33.4 Å². The molecule has 4 nitrogen and oxygen atoms in total. The molecule has 0 aliphatic carbocycles. The van der Waals surface area contributed by atoms with Crippen LogP contribution in [0.25, 0.3) is 5.57 Å². The highest BCUT2D eigenvalue weighted by Crippen LogP contribution is 2.39. The molecule has 200 valence electrons. The zero-order chi connectivity index (χ0) is 27.5. The number of anilines is 2. The highest BCUT2D eigenvalue weighted by atomic mass is 16.5. The van der Waals surface area contributed by atoms with Gasteiger partial charge in [0, 0.05) is 35.6 Å². The van der Waals surface area contributed by atoms with E-state index >= 15 is 0 Å². The van der Waals surface area contributed by atoms with Crippen LogP contribution in [0.2, 0.25) is 0 Å². The highest BCUT2D eigenvalue weighted by Gasteiger charge is 2.24. The van der Waals surface area contributed by atoms with Gasteiger partial charge in [0.2, 0.25) is 0 Å². The lowest BCUT2D eigenvalue weighted by Crippen LogP contribution is -2.32. The van der Waals surface area contributed by atoms with Crippen LogP contribution in [0.15, 0.2) is 117 Å². The zero-order valence-corrected chi connectivity index (χ0v) is 22.8.